The maximum Gasteiger partial charge on any atom is 0.309 e. The summed E-state index contributed by atoms with van der Waals surface area (Å²) in [5, 5.41) is 0. The Bertz CT molecular complexity index is 615. The van der Waals surface area contributed by atoms with E-state index in [1.54, 1.807) is 7.11 Å². The maximum absolute atomic E-state index is 12.4. The molecule has 4 nitrogen and oxygen atoms in total. The summed E-state index contributed by atoms with van der Waals surface area (Å²) in [6, 6.07) is 0. The van der Waals surface area contributed by atoms with E-state index >= 15 is 0 Å². The summed E-state index contributed by atoms with van der Waals surface area (Å²) in [7, 11) is 1.54. The van der Waals surface area contributed by atoms with Crippen LogP contribution in [-0.4, -0.2) is 25.2 Å². The first-order valence-electron chi connectivity index (χ1n) is 11.0. The fraction of sp³-hybridized carbons (Fsp3) is 0.913. The minimum Gasteiger partial charge on any atom is -0.469 e. The fourth-order valence-electron chi connectivity index (χ4n) is 8.09. The van der Waals surface area contributed by atoms with Crippen LogP contribution in [0.15, 0.2) is 0 Å². The third kappa shape index (κ3) is 2.93. The molecular weight excluding hydrogens is 340 g/mol. The van der Waals surface area contributed by atoms with E-state index in [0.717, 1.165) is 37.5 Å². The molecule has 0 aromatic carbocycles. The Kier molecular flexibility index (Phi) is 4.83. The number of hydrogen-bond donors (Lipinski definition) is 0. The Hall–Kier alpha value is -1.06. The van der Waals surface area contributed by atoms with Gasteiger partial charge in [-0.1, -0.05) is 13.8 Å². The van der Waals surface area contributed by atoms with E-state index in [1.165, 1.54) is 39.0 Å². The van der Waals surface area contributed by atoms with Crippen LogP contribution in [0, 0.1) is 40.4 Å². The monoisotopic (exact) mass is 376 g/mol. The molecule has 0 heterocycles. The summed E-state index contributed by atoms with van der Waals surface area (Å²) in [6.07, 6.45) is 10.5. The van der Waals surface area contributed by atoms with E-state index < -0.39 is 0 Å². The first-order valence-corrected chi connectivity index (χ1v) is 11.0. The average Bonchev–Trinajstić information content (AvgIpc) is 2.98. The highest BCUT2D eigenvalue weighted by atomic mass is 16.5. The van der Waals surface area contributed by atoms with Crippen molar-refractivity contribution in [2.45, 2.75) is 84.7 Å². The molecule has 0 saturated heterocycles. The highest BCUT2D eigenvalue weighted by Gasteiger charge is 2.61. The summed E-state index contributed by atoms with van der Waals surface area (Å²) in [5.74, 6) is 2.85. The van der Waals surface area contributed by atoms with Gasteiger partial charge in [0.2, 0.25) is 0 Å². The van der Waals surface area contributed by atoms with Gasteiger partial charge in [-0.05, 0) is 92.3 Å². The molecule has 0 aliphatic heterocycles. The molecule has 0 amide bonds. The predicted octanol–water partition coefficient (Wildman–Crippen LogP) is 4.75. The van der Waals surface area contributed by atoms with Crippen molar-refractivity contribution in [1.29, 1.82) is 0 Å². The third-order valence-electron chi connectivity index (χ3n) is 9.44. The smallest absolute Gasteiger partial charge is 0.309 e. The molecule has 27 heavy (non-hydrogen) atoms. The molecule has 4 aliphatic rings. The number of methoxy groups -OCH3 is 1. The van der Waals surface area contributed by atoms with Crippen LogP contribution < -0.4 is 0 Å². The second kappa shape index (κ2) is 6.77. The van der Waals surface area contributed by atoms with Gasteiger partial charge in [0.15, 0.2) is 0 Å². The van der Waals surface area contributed by atoms with E-state index in [0.29, 0.717) is 17.3 Å². The molecule has 4 aliphatic carbocycles. The zero-order valence-corrected chi connectivity index (χ0v) is 17.5. The molecule has 0 aromatic heterocycles. The predicted molar refractivity (Wildman–Crippen MR) is 103 cm³/mol. The number of rotatable bonds is 2. The molecule has 0 spiro atoms. The van der Waals surface area contributed by atoms with Crippen LogP contribution in [0.4, 0.5) is 0 Å². The lowest BCUT2D eigenvalue weighted by Gasteiger charge is -2.60. The highest BCUT2D eigenvalue weighted by Crippen LogP contribution is 2.67. The zero-order chi connectivity index (χ0) is 19.4. The van der Waals surface area contributed by atoms with Crippen LogP contribution >= 0.6 is 0 Å². The van der Waals surface area contributed by atoms with E-state index in [4.69, 9.17) is 9.47 Å². The minimum absolute atomic E-state index is 0.0141. The summed E-state index contributed by atoms with van der Waals surface area (Å²) >= 11 is 0. The number of hydrogen-bond acceptors (Lipinski definition) is 4. The Morgan fingerprint density at radius 3 is 2.30 bits per heavy atom. The van der Waals surface area contributed by atoms with Gasteiger partial charge in [-0.2, -0.15) is 0 Å². The Labute approximate surface area is 163 Å². The number of esters is 2. The molecular formula is C23H36O4. The average molecular weight is 377 g/mol. The summed E-state index contributed by atoms with van der Waals surface area (Å²) < 4.78 is 10.7. The van der Waals surface area contributed by atoms with Gasteiger partial charge in [0.1, 0.15) is 6.10 Å². The van der Waals surface area contributed by atoms with Crippen LogP contribution in [0.2, 0.25) is 0 Å². The lowest BCUT2D eigenvalue weighted by Crippen LogP contribution is -2.54. The number of fused-ring (bicyclic) bond motifs is 5. The first kappa shape index (κ1) is 19.3. The van der Waals surface area contributed by atoms with Gasteiger partial charge in [-0.3, -0.25) is 9.59 Å². The Balaban J connectivity index is 1.53. The number of carbonyl (C=O) groups excluding carboxylic acids is 2. The largest absolute Gasteiger partial charge is 0.469 e. The molecule has 4 saturated carbocycles. The van der Waals surface area contributed by atoms with Crippen molar-refractivity contribution >= 4 is 11.9 Å². The fourth-order valence-corrected chi connectivity index (χ4v) is 8.09. The number of ether oxygens (including phenoxy) is 2. The van der Waals surface area contributed by atoms with Crippen molar-refractivity contribution in [2.24, 2.45) is 40.4 Å². The molecule has 0 radical (unpaired) electrons. The SMILES string of the molecule is COC(=O)[C@@H]1CC[C@@H]2[C@H]3CC[C@H]4C[C@@H](OC(C)=O)CC[C@]4(C)[C@@H]3CC[C@]21C. The van der Waals surface area contributed by atoms with Crippen molar-refractivity contribution in [3.8, 4) is 0 Å². The second-order valence-corrected chi connectivity index (χ2v) is 10.4. The molecule has 0 bridgehead atoms. The van der Waals surface area contributed by atoms with E-state index in [2.05, 4.69) is 13.8 Å². The van der Waals surface area contributed by atoms with Crippen molar-refractivity contribution in [1.82, 2.24) is 0 Å². The maximum atomic E-state index is 12.4. The molecule has 4 rings (SSSR count). The van der Waals surface area contributed by atoms with Crippen LogP contribution in [0.1, 0.15) is 78.6 Å². The standard InChI is InChI=1S/C23H36O4/c1-14(24)27-16-9-11-22(2)15(13-16)5-6-17-18-7-8-20(21(25)26-4)23(18,3)12-10-19(17)22/h15-20H,5-13H2,1-4H3/t15-,16-,17+,18+,19+,20-,22-,23+/m0/s1. The molecule has 4 fully saturated rings. The van der Waals surface area contributed by atoms with Crippen LogP contribution in [0.3, 0.4) is 0 Å². The quantitative estimate of drug-likeness (QED) is 0.653. The molecule has 4 heteroatoms. The minimum atomic E-state index is -0.134. The van der Waals surface area contributed by atoms with E-state index in [9.17, 15) is 9.59 Å². The Morgan fingerprint density at radius 1 is 0.889 bits per heavy atom. The normalized spacial score (nSPS) is 48.7. The topological polar surface area (TPSA) is 52.6 Å². The number of carbonyl (C=O) groups is 2. The Morgan fingerprint density at radius 2 is 1.59 bits per heavy atom. The summed E-state index contributed by atoms with van der Waals surface area (Å²) in [4.78, 5) is 23.8. The lowest BCUT2D eigenvalue weighted by molar-refractivity contribution is -0.164. The van der Waals surface area contributed by atoms with Crippen LogP contribution in [0.5, 0.6) is 0 Å². The highest BCUT2D eigenvalue weighted by molar-refractivity contribution is 5.73. The second-order valence-electron chi connectivity index (χ2n) is 10.4. The van der Waals surface area contributed by atoms with Crippen LogP contribution in [0.25, 0.3) is 0 Å². The van der Waals surface area contributed by atoms with E-state index in [-0.39, 0.29) is 29.4 Å². The summed E-state index contributed by atoms with van der Waals surface area (Å²) in [6.45, 7) is 6.42. The van der Waals surface area contributed by atoms with Crippen molar-refractivity contribution in [3.63, 3.8) is 0 Å². The van der Waals surface area contributed by atoms with Gasteiger partial charge in [-0.25, -0.2) is 0 Å². The molecule has 0 aromatic rings. The van der Waals surface area contributed by atoms with Gasteiger partial charge in [-0.15, -0.1) is 0 Å². The lowest BCUT2D eigenvalue weighted by atomic mass is 9.44. The van der Waals surface area contributed by atoms with Crippen molar-refractivity contribution in [3.05, 3.63) is 0 Å². The third-order valence-corrected chi connectivity index (χ3v) is 9.44. The molecule has 152 valence electrons. The van der Waals surface area contributed by atoms with Crippen molar-refractivity contribution < 1.29 is 19.1 Å². The van der Waals surface area contributed by atoms with Crippen LogP contribution in [-0.2, 0) is 19.1 Å². The van der Waals surface area contributed by atoms with Gasteiger partial charge in [0.05, 0.1) is 13.0 Å². The summed E-state index contributed by atoms with van der Waals surface area (Å²) in [5.41, 5.74) is 0.511. The molecule has 0 unspecified atom stereocenters. The van der Waals surface area contributed by atoms with Gasteiger partial charge >= 0.3 is 11.9 Å². The molecule has 8 atom stereocenters. The van der Waals surface area contributed by atoms with Gasteiger partial charge in [0.25, 0.3) is 0 Å². The van der Waals surface area contributed by atoms with Crippen molar-refractivity contribution in [2.75, 3.05) is 7.11 Å². The first-order chi connectivity index (χ1) is 12.8. The molecule has 0 N–H and O–H groups in total. The van der Waals surface area contributed by atoms with Gasteiger partial charge < -0.3 is 9.47 Å². The van der Waals surface area contributed by atoms with E-state index in [1.807, 2.05) is 0 Å². The zero-order valence-electron chi connectivity index (χ0n) is 17.5. The van der Waals surface area contributed by atoms with Gasteiger partial charge in [0, 0.05) is 6.92 Å².